The quantitative estimate of drug-likeness (QED) is 0.838. The number of nitrogens with two attached hydrogens (primary N) is 1. The number of aromatic nitrogens is 1. The van der Waals surface area contributed by atoms with Gasteiger partial charge in [0.05, 0.1) is 12.6 Å². The van der Waals surface area contributed by atoms with Crippen LogP contribution in [0.1, 0.15) is 16.7 Å². The van der Waals surface area contributed by atoms with E-state index in [1.54, 1.807) is 7.11 Å². The molecule has 1 heterocycles. The summed E-state index contributed by atoms with van der Waals surface area (Å²) >= 11 is 0. The minimum absolute atomic E-state index is 0.444. The fraction of sp³-hybridized carbons (Fsp3) is 0.308. The molecule has 1 aromatic carbocycles. The predicted octanol–water partition coefficient (Wildman–Crippen LogP) is 2.32. The van der Waals surface area contributed by atoms with Crippen LogP contribution in [0.15, 0.2) is 18.2 Å². The van der Waals surface area contributed by atoms with E-state index in [-0.39, 0.29) is 0 Å². The van der Waals surface area contributed by atoms with E-state index < -0.39 is 0 Å². The van der Waals surface area contributed by atoms with Crippen molar-refractivity contribution in [3.8, 4) is 5.88 Å². The lowest BCUT2D eigenvalue weighted by molar-refractivity contribution is 0.394. The van der Waals surface area contributed by atoms with Crippen molar-refractivity contribution >= 4 is 10.9 Å². The van der Waals surface area contributed by atoms with Crippen LogP contribution in [-0.4, -0.2) is 12.1 Å². The summed E-state index contributed by atoms with van der Waals surface area (Å²) in [5.41, 5.74) is 10.0. The Bertz CT molecular complexity index is 535. The Hall–Kier alpha value is -1.61. The smallest absolute Gasteiger partial charge is 0.218 e. The number of nitrogens with zero attached hydrogens (tertiary/aromatic N) is 1. The average molecular weight is 216 g/mol. The van der Waals surface area contributed by atoms with Gasteiger partial charge >= 0.3 is 0 Å². The largest absolute Gasteiger partial charge is 0.481 e. The SMILES string of the molecule is COc1nc2c(C)cc(C)cc2cc1CN. The van der Waals surface area contributed by atoms with Crippen molar-refractivity contribution in [2.45, 2.75) is 20.4 Å². The van der Waals surface area contributed by atoms with Gasteiger partial charge in [-0.15, -0.1) is 0 Å². The van der Waals surface area contributed by atoms with Crippen LogP contribution in [0.5, 0.6) is 5.88 Å². The summed E-state index contributed by atoms with van der Waals surface area (Å²) in [6, 6.07) is 6.30. The Morgan fingerprint density at radius 2 is 2.00 bits per heavy atom. The molecule has 2 aromatic rings. The third-order valence-corrected chi connectivity index (χ3v) is 2.71. The molecule has 0 aliphatic heterocycles. The maximum atomic E-state index is 5.67. The molecule has 16 heavy (non-hydrogen) atoms. The normalized spacial score (nSPS) is 10.8. The first-order valence-electron chi connectivity index (χ1n) is 5.30. The second-order valence-electron chi connectivity index (χ2n) is 4.01. The summed E-state index contributed by atoms with van der Waals surface area (Å²) in [7, 11) is 1.62. The molecule has 0 saturated heterocycles. The molecule has 0 saturated carbocycles. The van der Waals surface area contributed by atoms with Crippen LogP contribution >= 0.6 is 0 Å². The van der Waals surface area contributed by atoms with Crippen LogP contribution in [0.4, 0.5) is 0 Å². The molecule has 2 N–H and O–H groups in total. The number of hydrogen-bond acceptors (Lipinski definition) is 3. The van der Waals surface area contributed by atoms with Crippen molar-refractivity contribution in [3.05, 3.63) is 34.9 Å². The van der Waals surface area contributed by atoms with E-state index in [1.807, 2.05) is 0 Å². The van der Waals surface area contributed by atoms with Crippen LogP contribution < -0.4 is 10.5 Å². The van der Waals surface area contributed by atoms with Gasteiger partial charge < -0.3 is 10.5 Å². The van der Waals surface area contributed by atoms with Gasteiger partial charge in [0, 0.05) is 17.5 Å². The van der Waals surface area contributed by atoms with E-state index in [9.17, 15) is 0 Å². The van der Waals surface area contributed by atoms with Gasteiger partial charge in [-0.25, -0.2) is 4.98 Å². The third kappa shape index (κ3) is 1.74. The third-order valence-electron chi connectivity index (χ3n) is 2.71. The summed E-state index contributed by atoms with van der Waals surface area (Å²) in [5.74, 6) is 0.627. The number of fused-ring (bicyclic) bond motifs is 1. The summed E-state index contributed by atoms with van der Waals surface area (Å²) in [5, 5.41) is 1.12. The first-order chi connectivity index (χ1) is 7.65. The molecule has 0 bridgehead atoms. The highest BCUT2D eigenvalue weighted by Crippen LogP contribution is 2.25. The van der Waals surface area contributed by atoms with E-state index in [4.69, 9.17) is 10.5 Å². The molecular weight excluding hydrogens is 200 g/mol. The van der Waals surface area contributed by atoms with Crippen LogP contribution in [0.3, 0.4) is 0 Å². The van der Waals surface area contributed by atoms with Crippen LogP contribution in [0.2, 0.25) is 0 Å². The fourth-order valence-corrected chi connectivity index (χ4v) is 2.00. The van der Waals surface area contributed by atoms with Crippen molar-refractivity contribution in [1.29, 1.82) is 0 Å². The lowest BCUT2D eigenvalue weighted by Gasteiger charge is -2.09. The first-order valence-corrected chi connectivity index (χ1v) is 5.30. The molecule has 0 atom stereocenters. The molecule has 2 rings (SSSR count). The number of pyridine rings is 1. The molecule has 0 aliphatic carbocycles. The molecule has 3 nitrogen and oxygen atoms in total. The highest BCUT2D eigenvalue weighted by Gasteiger charge is 2.07. The van der Waals surface area contributed by atoms with Gasteiger partial charge in [-0.05, 0) is 31.5 Å². The van der Waals surface area contributed by atoms with Crippen molar-refractivity contribution in [2.24, 2.45) is 5.73 Å². The minimum atomic E-state index is 0.444. The summed E-state index contributed by atoms with van der Waals surface area (Å²) < 4.78 is 5.24. The number of methoxy groups -OCH3 is 1. The molecular formula is C13H16N2O. The Morgan fingerprint density at radius 1 is 1.25 bits per heavy atom. The van der Waals surface area contributed by atoms with Gasteiger partial charge in [-0.1, -0.05) is 11.6 Å². The molecule has 1 aromatic heterocycles. The van der Waals surface area contributed by atoms with Crippen molar-refractivity contribution in [2.75, 3.05) is 7.11 Å². The monoisotopic (exact) mass is 216 g/mol. The Kier molecular flexibility index (Phi) is 2.79. The predicted molar refractivity (Wildman–Crippen MR) is 65.7 cm³/mol. The lowest BCUT2D eigenvalue weighted by atomic mass is 10.1. The number of hydrogen-bond donors (Lipinski definition) is 1. The molecule has 84 valence electrons. The molecule has 0 aliphatic rings. The van der Waals surface area contributed by atoms with Gasteiger partial charge in [0.25, 0.3) is 0 Å². The average Bonchev–Trinajstić information content (AvgIpc) is 2.27. The molecule has 0 unspecified atom stereocenters. The van der Waals surface area contributed by atoms with Gasteiger partial charge in [0.15, 0.2) is 0 Å². The zero-order valence-electron chi connectivity index (χ0n) is 9.87. The highest BCUT2D eigenvalue weighted by molar-refractivity contribution is 5.83. The van der Waals surface area contributed by atoms with Crippen LogP contribution in [0, 0.1) is 13.8 Å². The van der Waals surface area contributed by atoms with Crippen molar-refractivity contribution < 1.29 is 4.74 Å². The molecule has 0 radical (unpaired) electrons. The van der Waals surface area contributed by atoms with Crippen molar-refractivity contribution in [1.82, 2.24) is 4.98 Å². The van der Waals surface area contributed by atoms with E-state index in [1.165, 1.54) is 5.56 Å². The number of ether oxygens (including phenoxy) is 1. The molecule has 3 heteroatoms. The molecule has 0 amide bonds. The van der Waals surface area contributed by atoms with Crippen LogP contribution in [0.25, 0.3) is 10.9 Å². The van der Waals surface area contributed by atoms with E-state index >= 15 is 0 Å². The fourth-order valence-electron chi connectivity index (χ4n) is 2.00. The topological polar surface area (TPSA) is 48.1 Å². The Morgan fingerprint density at radius 3 is 2.62 bits per heavy atom. The first kappa shape index (κ1) is 10.9. The zero-order chi connectivity index (χ0) is 11.7. The highest BCUT2D eigenvalue weighted by atomic mass is 16.5. The Labute approximate surface area is 95.2 Å². The molecule has 0 spiro atoms. The van der Waals surface area contributed by atoms with Crippen LogP contribution in [-0.2, 0) is 6.54 Å². The second-order valence-corrected chi connectivity index (χ2v) is 4.01. The van der Waals surface area contributed by atoms with Gasteiger partial charge in [0.1, 0.15) is 0 Å². The van der Waals surface area contributed by atoms with Gasteiger partial charge in [-0.3, -0.25) is 0 Å². The Balaban J connectivity index is 2.78. The summed E-state index contributed by atoms with van der Waals surface area (Å²) in [6.45, 7) is 4.59. The van der Waals surface area contributed by atoms with E-state index in [0.29, 0.717) is 12.4 Å². The molecule has 0 fully saturated rings. The maximum Gasteiger partial charge on any atom is 0.218 e. The number of benzene rings is 1. The number of aryl methyl sites for hydroxylation is 2. The maximum absolute atomic E-state index is 5.67. The van der Waals surface area contributed by atoms with Crippen molar-refractivity contribution in [3.63, 3.8) is 0 Å². The second kappa shape index (κ2) is 4.10. The summed E-state index contributed by atoms with van der Waals surface area (Å²) in [4.78, 5) is 4.50. The van der Waals surface area contributed by atoms with E-state index in [2.05, 4.69) is 37.0 Å². The zero-order valence-corrected chi connectivity index (χ0v) is 9.87. The number of rotatable bonds is 2. The minimum Gasteiger partial charge on any atom is -0.481 e. The van der Waals surface area contributed by atoms with Gasteiger partial charge in [-0.2, -0.15) is 0 Å². The standard InChI is InChI=1S/C13H16N2O/c1-8-4-9(2)12-10(5-8)6-11(7-14)13(15-12)16-3/h4-6H,7,14H2,1-3H3. The van der Waals surface area contributed by atoms with E-state index in [0.717, 1.165) is 22.0 Å². The lowest BCUT2D eigenvalue weighted by Crippen LogP contribution is -2.02. The van der Waals surface area contributed by atoms with Gasteiger partial charge in [0.2, 0.25) is 5.88 Å². The summed E-state index contributed by atoms with van der Waals surface area (Å²) in [6.07, 6.45) is 0.